The van der Waals surface area contributed by atoms with Gasteiger partial charge in [0, 0.05) is 19.6 Å². The number of rotatable bonds is 8. The highest BCUT2D eigenvalue weighted by molar-refractivity contribution is 7.99. The molecule has 3 rings (SSSR count). The Kier molecular flexibility index (Phi) is 7.30. The highest BCUT2D eigenvalue weighted by atomic mass is 32.2. The first kappa shape index (κ1) is 21.4. The Labute approximate surface area is 175 Å². The molecule has 29 heavy (non-hydrogen) atoms. The second kappa shape index (κ2) is 9.91. The van der Waals surface area contributed by atoms with E-state index in [1.165, 1.54) is 17.8 Å². The molecule has 1 saturated heterocycles. The summed E-state index contributed by atoms with van der Waals surface area (Å²) in [5, 5.41) is 8.99. The smallest absolute Gasteiger partial charge is 0.233 e. The molecule has 1 aromatic heterocycles. The van der Waals surface area contributed by atoms with E-state index in [4.69, 9.17) is 4.74 Å². The number of ether oxygens (including phenoxy) is 1. The number of nitrogens with zero attached hydrogens (tertiary/aromatic N) is 4. The molecule has 2 unspecified atom stereocenters. The van der Waals surface area contributed by atoms with Gasteiger partial charge in [-0.05, 0) is 30.4 Å². The minimum atomic E-state index is -0.424. The van der Waals surface area contributed by atoms with Gasteiger partial charge < -0.3 is 9.64 Å². The summed E-state index contributed by atoms with van der Waals surface area (Å²) in [6, 6.07) is 6.23. The summed E-state index contributed by atoms with van der Waals surface area (Å²) in [5.41, 5.74) is 0. The monoisotopic (exact) mass is 418 g/mol. The van der Waals surface area contributed by atoms with Crippen LogP contribution in [0.25, 0.3) is 0 Å². The molecule has 1 aromatic carbocycles. The molecule has 1 amide bonds. The van der Waals surface area contributed by atoms with Crippen molar-refractivity contribution >= 4 is 17.7 Å². The lowest BCUT2D eigenvalue weighted by Gasteiger charge is -2.34. The normalized spacial score (nSPS) is 19.2. The molecule has 1 aliphatic rings. The number of likely N-dealkylation sites (tertiary alicyclic amines) is 1. The lowest BCUT2D eigenvalue weighted by molar-refractivity contribution is -0.130. The zero-order valence-corrected chi connectivity index (χ0v) is 17.7. The van der Waals surface area contributed by atoms with Crippen molar-refractivity contribution in [1.29, 1.82) is 0 Å². The van der Waals surface area contributed by atoms with E-state index < -0.39 is 5.82 Å². The largest absolute Gasteiger partial charge is 0.483 e. The molecular weight excluding hydrogens is 391 g/mol. The number of carbonyl (C=O) groups is 1. The van der Waals surface area contributed by atoms with Gasteiger partial charge in [0.2, 0.25) is 5.91 Å². The molecule has 0 bridgehead atoms. The molecule has 6 nitrogen and oxygen atoms in total. The minimum absolute atomic E-state index is 0.0808. The Bertz CT molecular complexity index is 847. The lowest BCUT2D eigenvalue weighted by Crippen LogP contribution is -2.43. The third-order valence-electron chi connectivity index (χ3n) is 4.84. The van der Waals surface area contributed by atoms with Crippen LogP contribution in [-0.2, 0) is 17.9 Å². The van der Waals surface area contributed by atoms with Gasteiger partial charge in [0.05, 0.1) is 5.75 Å². The van der Waals surface area contributed by atoms with Crippen LogP contribution in [0.3, 0.4) is 0 Å². The maximum Gasteiger partial charge on any atom is 0.233 e. The summed E-state index contributed by atoms with van der Waals surface area (Å²) in [4.78, 5) is 14.6. The van der Waals surface area contributed by atoms with E-state index in [1.807, 2.05) is 9.47 Å². The number of aromatic nitrogens is 3. The van der Waals surface area contributed by atoms with Crippen LogP contribution in [0.1, 0.15) is 26.1 Å². The summed E-state index contributed by atoms with van der Waals surface area (Å²) in [6.45, 7) is 10.3. The average Bonchev–Trinajstić information content (AvgIpc) is 3.07. The van der Waals surface area contributed by atoms with Crippen LogP contribution in [0.5, 0.6) is 5.75 Å². The predicted octanol–water partition coefficient (Wildman–Crippen LogP) is 3.78. The van der Waals surface area contributed by atoms with E-state index in [0.29, 0.717) is 35.1 Å². The zero-order valence-electron chi connectivity index (χ0n) is 16.9. The second-order valence-electron chi connectivity index (χ2n) is 7.55. The maximum atomic E-state index is 13.8. The van der Waals surface area contributed by atoms with E-state index in [2.05, 4.69) is 30.6 Å². The van der Waals surface area contributed by atoms with Gasteiger partial charge >= 0.3 is 0 Å². The number of thioether (sulfide) groups is 1. The Balaban J connectivity index is 1.63. The molecule has 0 N–H and O–H groups in total. The summed E-state index contributed by atoms with van der Waals surface area (Å²) >= 11 is 1.36. The van der Waals surface area contributed by atoms with Crippen molar-refractivity contribution in [2.45, 2.75) is 38.6 Å². The summed E-state index contributed by atoms with van der Waals surface area (Å²) in [7, 11) is 0. The van der Waals surface area contributed by atoms with E-state index in [9.17, 15) is 9.18 Å². The molecule has 0 spiro atoms. The van der Waals surface area contributed by atoms with Gasteiger partial charge in [-0.2, -0.15) is 0 Å². The third-order valence-corrected chi connectivity index (χ3v) is 5.80. The standard InChI is InChI=1S/C21H27FN4O2S/c1-4-9-26-19(13-28-18-8-6-5-7-17(18)22)23-24-21(26)29-14-20(27)25-11-15(2)10-16(3)12-25/h4-8,15-16H,1,9-14H2,2-3H3. The summed E-state index contributed by atoms with van der Waals surface area (Å²) in [5.74, 6) is 1.78. The number of benzene rings is 1. The molecule has 2 atom stereocenters. The second-order valence-corrected chi connectivity index (χ2v) is 8.49. The summed E-state index contributed by atoms with van der Waals surface area (Å²) < 4.78 is 21.1. The zero-order chi connectivity index (χ0) is 20.8. The molecule has 0 aliphatic carbocycles. The van der Waals surface area contributed by atoms with Gasteiger partial charge in [-0.15, -0.1) is 16.8 Å². The third kappa shape index (κ3) is 5.59. The molecule has 2 aromatic rings. The van der Waals surface area contributed by atoms with Crippen LogP contribution < -0.4 is 4.74 Å². The van der Waals surface area contributed by atoms with Crippen molar-refractivity contribution in [3.63, 3.8) is 0 Å². The van der Waals surface area contributed by atoms with Crippen LogP contribution in [0.15, 0.2) is 42.1 Å². The first-order valence-electron chi connectivity index (χ1n) is 9.78. The van der Waals surface area contributed by atoms with E-state index >= 15 is 0 Å². The Morgan fingerprint density at radius 1 is 1.31 bits per heavy atom. The van der Waals surface area contributed by atoms with Crippen molar-refractivity contribution in [1.82, 2.24) is 19.7 Å². The number of para-hydroxylation sites is 1. The average molecular weight is 419 g/mol. The number of piperidine rings is 1. The van der Waals surface area contributed by atoms with Gasteiger partial charge in [-0.3, -0.25) is 9.36 Å². The molecule has 8 heteroatoms. The van der Waals surface area contributed by atoms with Gasteiger partial charge in [0.1, 0.15) is 6.61 Å². The van der Waals surface area contributed by atoms with Crippen LogP contribution >= 0.6 is 11.8 Å². The van der Waals surface area contributed by atoms with Gasteiger partial charge in [0.25, 0.3) is 0 Å². The molecule has 156 valence electrons. The van der Waals surface area contributed by atoms with Gasteiger partial charge in [-0.1, -0.05) is 43.8 Å². The molecule has 0 radical (unpaired) electrons. The van der Waals surface area contributed by atoms with E-state index in [1.54, 1.807) is 24.3 Å². The van der Waals surface area contributed by atoms with Crippen molar-refractivity contribution in [2.75, 3.05) is 18.8 Å². The van der Waals surface area contributed by atoms with Crippen LogP contribution in [-0.4, -0.2) is 44.4 Å². The van der Waals surface area contributed by atoms with Gasteiger partial charge in [0.15, 0.2) is 22.5 Å². The number of amides is 1. The number of allylic oxidation sites excluding steroid dienone is 1. The minimum Gasteiger partial charge on any atom is -0.483 e. The predicted molar refractivity (Wildman–Crippen MR) is 111 cm³/mol. The Hall–Kier alpha value is -2.35. The highest BCUT2D eigenvalue weighted by Gasteiger charge is 2.26. The fourth-order valence-corrected chi connectivity index (χ4v) is 4.50. The van der Waals surface area contributed by atoms with Crippen LogP contribution in [0.2, 0.25) is 0 Å². The molecule has 1 fully saturated rings. The van der Waals surface area contributed by atoms with Crippen molar-refractivity contribution < 1.29 is 13.9 Å². The fourth-order valence-electron chi connectivity index (χ4n) is 3.63. The fraction of sp³-hybridized carbons (Fsp3) is 0.476. The first-order chi connectivity index (χ1) is 14.0. The number of hydrogen-bond acceptors (Lipinski definition) is 5. The van der Waals surface area contributed by atoms with Crippen molar-refractivity contribution in [3.8, 4) is 5.75 Å². The molecule has 2 heterocycles. The lowest BCUT2D eigenvalue weighted by atomic mass is 9.92. The Morgan fingerprint density at radius 3 is 2.72 bits per heavy atom. The SMILES string of the molecule is C=CCn1c(COc2ccccc2F)nnc1SCC(=O)N1CC(C)CC(C)C1. The number of hydrogen-bond donors (Lipinski definition) is 0. The molecule has 1 aliphatic heterocycles. The van der Waals surface area contributed by atoms with Crippen LogP contribution in [0, 0.1) is 17.7 Å². The quantitative estimate of drug-likeness (QED) is 0.482. The van der Waals surface area contributed by atoms with Crippen LogP contribution in [0.4, 0.5) is 4.39 Å². The van der Waals surface area contributed by atoms with Crippen molar-refractivity contribution in [2.24, 2.45) is 11.8 Å². The van der Waals surface area contributed by atoms with Crippen molar-refractivity contribution in [3.05, 3.63) is 48.6 Å². The maximum absolute atomic E-state index is 13.8. The van der Waals surface area contributed by atoms with Gasteiger partial charge in [-0.25, -0.2) is 4.39 Å². The Morgan fingerprint density at radius 2 is 2.03 bits per heavy atom. The van der Waals surface area contributed by atoms with E-state index in [-0.39, 0.29) is 18.3 Å². The first-order valence-corrected chi connectivity index (χ1v) is 10.8. The topological polar surface area (TPSA) is 60.2 Å². The summed E-state index contributed by atoms with van der Waals surface area (Å²) in [6.07, 6.45) is 2.89. The highest BCUT2D eigenvalue weighted by Crippen LogP contribution is 2.24. The molecular formula is C21H27FN4O2S. The molecule has 0 saturated carbocycles. The van der Waals surface area contributed by atoms with E-state index in [0.717, 1.165) is 19.5 Å². The number of carbonyl (C=O) groups excluding carboxylic acids is 1. The number of halogens is 1.